The van der Waals surface area contributed by atoms with Crippen LogP contribution in [0.3, 0.4) is 0 Å². The predicted octanol–water partition coefficient (Wildman–Crippen LogP) is 0.134. The van der Waals surface area contributed by atoms with Gasteiger partial charge in [-0.3, -0.25) is 8.42 Å². The molecule has 0 bridgehead atoms. The minimum atomic E-state index is -0.781. The summed E-state index contributed by atoms with van der Waals surface area (Å²) in [5.41, 5.74) is 0. The summed E-state index contributed by atoms with van der Waals surface area (Å²) in [6, 6.07) is 0. The van der Waals surface area contributed by atoms with Gasteiger partial charge in [0.2, 0.25) is 0 Å². The first-order chi connectivity index (χ1) is 4.16. The van der Waals surface area contributed by atoms with Crippen LogP contribution in [0.5, 0.6) is 0 Å². The average molecular weight is 168 g/mol. The van der Waals surface area contributed by atoms with Crippen molar-refractivity contribution in [2.24, 2.45) is 0 Å². The van der Waals surface area contributed by atoms with Crippen LogP contribution in [-0.2, 0) is 21.6 Å². The highest BCUT2D eigenvalue weighted by Crippen LogP contribution is 1.82. The summed E-state index contributed by atoms with van der Waals surface area (Å²) in [4.78, 5) is 0. The van der Waals surface area contributed by atoms with E-state index in [9.17, 15) is 8.42 Å². The van der Waals surface area contributed by atoms with Gasteiger partial charge in [-0.1, -0.05) is 6.92 Å². The van der Waals surface area contributed by atoms with E-state index in [4.69, 9.17) is 0 Å². The summed E-state index contributed by atoms with van der Waals surface area (Å²) in [6.07, 6.45) is 1.63. The highest BCUT2D eigenvalue weighted by atomic mass is 32.2. The van der Waals surface area contributed by atoms with E-state index in [0.717, 1.165) is 0 Å². The zero-order valence-corrected chi connectivity index (χ0v) is 7.39. The molecule has 0 aromatic heterocycles. The minimum Gasteiger partial charge on any atom is -0.260 e. The largest absolute Gasteiger partial charge is 0.260 e. The van der Waals surface area contributed by atoms with Gasteiger partial charge >= 0.3 is 0 Å². The van der Waals surface area contributed by atoms with Crippen molar-refractivity contribution in [3.05, 3.63) is 0 Å². The summed E-state index contributed by atoms with van der Waals surface area (Å²) in [5, 5.41) is 0. The second-order valence-electron chi connectivity index (χ2n) is 1.71. The van der Waals surface area contributed by atoms with Crippen molar-refractivity contribution in [2.45, 2.75) is 6.92 Å². The van der Waals surface area contributed by atoms with E-state index in [0.29, 0.717) is 17.3 Å². The summed E-state index contributed by atoms with van der Waals surface area (Å²) in [5.74, 6) is 1.83. The summed E-state index contributed by atoms with van der Waals surface area (Å²) >= 11 is 0. The first-order valence-electron chi connectivity index (χ1n) is 2.81. The van der Waals surface area contributed by atoms with Gasteiger partial charge in [-0.05, 0) is 0 Å². The molecule has 2 nitrogen and oxygen atoms in total. The average Bonchev–Trinajstić information content (AvgIpc) is 1.83. The molecule has 0 amide bonds. The highest BCUT2D eigenvalue weighted by Gasteiger charge is 1.96. The van der Waals surface area contributed by atoms with Crippen LogP contribution < -0.4 is 0 Å². The van der Waals surface area contributed by atoms with Gasteiger partial charge in [0.15, 0.2) is 0 Å². The maximum absolute atomic E-state index is 10.7. The second-order valence-corrected chi connectivity index (χ2v) is 5.13. The molecule has 0 rings (SSSR count). The SMILES string of the molecule is CCS(=O)CCS(C)=O. The third-order valence-corrected chi connectivity index (χ3v) is 3.26. The second kappa shape index (κ2) is 5.11. The minimum absolute atomic E-state index is 0.570. The fourth-order valence-electron chi connectivity index (χ4n) is 0.355. The molecule has 9 heavy (non-hydrogen) atoms. The molecule has 0 N–H and O–H groups in total. The molecule has 4 heteroatoms. The van der Waals surface area contributed by atoms with Crippen LogP contribution in [0.25, 0.3) is 0 Å². The van der Waals surface area contributed by atoms with Crippen molar-refractivity contribution in [1.29, 1.82) is 0 Å². The van der Waals surface area contributed by atoms with E-state index >= 15 is 0 Å². The topological polar surface area (TPSA) is 34.1 Å². The number of hydrogen-bond acceptors (Lipinski definition) is 2. The molecular formula is C5H12O2S2. The highest BCUT2D eigenvalue weighted by molar-refractivity contribution is 7.88. The smallest absolute Gasteiger partial charge is 0.0350 e. The third-order valence-electron chi connectivity index (χ3n) is 0.920. The Labute approximate surface area is 60.9 Å². The van der Waals surface area contributed by atoms with Crippen LogP contribution >= 0.6 is 0 Å². The molecule has 0 aromatic carbocycles. The number of rotatable bonds is 4. The van der Waals surface area contributed by atoms with Gasteiger partial charge in [0.25, 0.3) is 0 Å². The molecule has 0 fully saturated rings. The van der Waals surface area contributed by atoms with Gasteiger partial charge in [0, 0.05) is 45.1 Å². The van der Waals surface area contributed by atoms with Crippen LogP contribution in [0, 0.1) is 0 Å². The molecule has 0 aliphatic carbocycles. The Hall–Kier alpha value is 0.300. The van der Waals surface area contributed by atoms with E-state index in [1.807, 2.05) is 6.92 Å². The van der Waals surface area contributed by atoms with E-state index in [-0.39, 0.29) is 0 Å². The Bertz CT molecular complexity index is 122. The molecule has 2 atom stereocenters. The van der Waals surface area contributed by atoms with Crippen LogP contribution in [0.4, 0.5) is 0 Å². The lowest BCUT2D eigenvalue weighted by molar-refractivity contribution is 0.680. The Kier molecular flexibility index (Phi) is 5.28. The molecular weight excluding hydrogens is 156 g/mol. The molecule has 0 saturated carbocycles. The molecule has 0 heterocycles. The van der Waals surface area contributed by atoms with Crippen molar-refractivity contribution in [2.75, 3.05) is 23.5 Å². The fraction of sp³-hybridized carbons (Fsp3) is 1.00. The summed E-state index contributed by atoms with van der Waals surface area (Å²) in [6.45, 7) is 1.87. The van der Waals surface area contributed by atoms with Crippen molar-refractivity contribution < 1.29 is 8.42 Å². The van der Waals surface area contributed by atoms with Gasteiger partial charge in [-0.25, -0.2) is 0 Å². The lowest BCUT2D eigenvalue weighted by Crippen LogP contribution is -2.07. The standard InChI is InChI=1S/C5H12O2S2/c1-3-9(7)5-4-8(2)6/h3-5H2,1-2H3. The molecule has 0 aliphatic rings. The molecule has 56 valence electrons. The van der Waals surface area contributed by atoms with Crippen molar-refractivity contribution >= 4 is 21.6 Å². The lowest BCUT2D eigenvalue weighted by Gasteiger charge is -1.93. The monoisotopic (exact) mass is 168 g/mol. The van der Waals surface area contributed by atoms with Gasteiger partial charge < -0.3 is 0 Å². The van der Waals surface area contributed by atoms with Crippen LogP contribution in [0.1, 0.15) is 6.92 Å². The van der Waals surface area contributed by atoms with Crippen LogP contribution in [0.2, 0.25) is 0 Å². The van der Waals surface area contributed by atoms with Crippen molar-refractivity contribution in [3.63, 3.8) is 0 Å². The van der Waals surface area contributed by atoms with E-state index in [2.05, 4.69) is 0 Å². The van der Waals surface area contributed by atoms with Gasteiger partial charge in [0.1, 0.15) is 0 Å². The summed E-state index contributed by atoms with van der Waals surface area (Å²) < 4.78 is 21.1. The first-order valence-corrected chi connectivity index (χ1v) is 6.03. The first kappa shape index (κ1) is 9.30. The Morgan fingerprint density at radius 2 is 1.78 bits per heavy atom. The van der Waals surface area contributed by atoms with Crippen molar-refractivity contribution in [1.82, 2.24) is 0 Å². The van der Waals surface area contributed by atoms with E-state index < -0.39 is 21.6 Å². The number of hydrogen-bond donors (Lipinski definition) is 0. The fourth-order valence-corrected chi connectivity index (χ4v) is 2.33. The van der Waals surface area contributed by atoms with Gasteiger partial charge in [-0.2, -0.15) is 0 Å². The van der Waals surface area contributed by atoms with Crippen LogP contribution in [-0.4, -0.2) is 31.9 Å². The molecule has 0 radical (unpaired) electrons. The summed E-state index contributed by atoms with van der Waals surface area (Å²) in [7, 11) is -1.52. The normalized spacial score (nSPS) is 17.1. The Balaban J connectivity index is 3.28. The molecule has 2 unspecified atom stereocenters. The molecule has 0 saturated heterocycles. The maximum Gasteiger partial charge on any atom is 0.0350 e. The zero-order chi connectivity index (χ0) is 7.28. The third kappa shape index (κ3) is 6.18. The Morgan fingerprint density at radius 1 is 1.22 bits per heavy atom. The van der Waals surface area contributed by atoms with Gasteiger partial charge in [-0.15, -0.1) is 0 Å². The zero-order valence-electron chi connectivity index (χ0n) is 5.75. The molecule has 0 aliphatic heterocycles. The maximum atomic E-state index is 10.7. The predicted molar refractivity (Wildman–Crippen MR) is 42.5 cm³/mol. The van der Waals surface area contributed by atoms with Crippen molar-refractivity contribution in [3.8, 4) is 0 Å². The molecule has 0 aromatic rings. The molecule has 0 spiro atoms. The van der Waals surface area contributed by atoms with E-state index in [1.165, 1.54) is 0 Å². The van der Waals surface area contributed by atoms with Crippen LogP contribution in [0.15, 0.2) is 0 Å². The lowest BCUT2D eigenvalue weighted by atomic mass is 10.9. The Morgan fingerprint density at radius 3 is 2.11 bits per heavy atom. The quantitative estimate of drug-likeness (QED) is 0.598. The van der Waals surface area contributed by atoms with E-state index in [1.54, 1.807) is 6.26 Å². The van der Waals surface area contributed by atoms with Gasteiger partial charge in [0.05, 0.1) is 0 Å².